The smallest absolute Gasteiger partial charge is 0.325 e. The summed E-state index contributed by atoms with van der Waals surface area (Å²) in [5, 5.41) is 8.76. The van der Waals surface area contributed by atoms with Crippen LogP contribution in [0, 0.1) is 0 Å². The maximum absolute atomic E-state index is 10.3. The molecule has 9 heavy (non-hydrogen) atoms. The Morgan fingerprint density at radius 1 is 1.56 bits per heavy atom. The Morgan fingerprint density at radius 2 is 2.22 bits per heavy atom. The quantitative estimate of drug-likeness (QED) is 0.496. The summed E-state index contributed by atoms with van der Waals surface area (Å²) in [5.41, 5.74) is -0.121. The number of alkyl halides is 1. The third kappa shape index (κ3) is 1.08. The molecule has 4 nitrogen and oxygen atoms in total. The van der Waals surface area contributed by atoms with Gasteiger partial charge in [0.2, 0.25) is 5.88 Å². The SMILES string of the molecule is O=c1[nH]c(O)c(CCl)[nH]1. The number of hydrogen-bond donors (Lipinski definition) is 3. The lowest BCUT2D eigenvalue weighted by molar-refractivity contribution is 0.451. The first-order chi connectivity index (χ1) is 4.24. The number of halogens is 1. The van der Waals surface area contributed by atoms with Gasteiger partial charge in [-0.2, -0.15) is 0 Å². The van der Waals surface area contributed by atoms with Gasteiger partial charge in [0.15, 0.2) is 0 Å². The van der Waals surface area contributed by atoms with E-state index < -0.39 is 5.69 Å². The average molecular weight is 149 g/mol. The van der Waals surface area contributed by atoms with Gasteiger partial charge in [0, 0.05) is 0 Å². The molecule has 0 fully saturated rings. The van der Waals surface area contributed by atoms with Crippen LogP contribution in [-0.2, 0) is 5.88 Å². The molecule has 0 amide bonds. The highest BCUT2D eigenvalue weighted by Crippen LogP contribution is 2.08. The fourth-order valence-electron chi connectivity index (χ4n) is 0.507. The molecule has 0 atom stereocenters. The molecular weight excluding hydrogens is 144 g/mol. The van der Waals surface area contributed by atoms with Crippen molar-refractivity contribution in [2.75, 3.05) is 0 Å². The molecular formula is C4H5ClN2O2. The minimum absolute atomic E-state index is 0.102. The second kappa shape index (κ2) is 2.14. The molecule has 0 saturated heterocycles. The number of imidazole rings is 1. The molecule has 0 aliphatic rings. The van der Waals surface area contributed by atoms with Crippen molar-refractivity contribution in [3.8, 4) is 5.88 Å². The lowest BCUT2D eigenvalue weighted by atomic mass is 10.5. The van der Waals surface area contributed by atoms with Crippen molar-refractivity contribution in [2.24, 2.45) is 0 Å². The van der Waals surface area contributed by atoms with Crippen LogP contribution in [0.25, 0.3) is 0 Å². The lowest BCUT2D eigenvalue weighted by Crippen LogP contribution is -2.00. The van der Waals surface area contributed by atoms with Crippen LogP contribution >= 0.6 is 11.6 Å². The molecule has 0 aliphatic carbocycles. The van der Waals surface area contributed by atoms with Crippen LogP contribution in [0.2, 0.25) is 0 Å². The lowest BCUT2D eigenvalue weighted by Gasteiger charge is -1.84. The predicted octanol–water partition coefficient (Wildman–Crippen LogP) is 0.147. The number of H-pyrrole nitrogens is 2. The monoisotopic (exact) mass is 148 g/mol. The van der Waals surface area contributed by atoms with Gasteiger partial charge in [0.05, 0.1) is 11.6 Å². The molecule has 0 aliphatic heterocycles. The van der Waals surface area contributed by atoms with Crippen LogP contribution in [0.4, 0.5) is 0 Å². The fourth-order valence-corrected chi connectivity index (χ4v) is 0.701. The van der Waals surface area contributed by atoms with E-state index in [1.807, 2.05) is 0 Å². The van der Waals surface area contributed by atoms with Crippen molar-refractivity contribution in [3.05, 3.63) is 16.2 Å². The molecule has 0 radical (unpaired) electrons. The minimum atomic E-state index is -0.442. The van der Waals surface area contributed by atoms with E-state index in [9.17, 15) is 4.79 Å². The van der Waals surface area contributed by atoms with Crippen molar-refractivity contribution >= 4 is 11.6 Å². The Balaban J connectivity index is 3.16. The minimum Gasteiger partial charge on any atom is -0.493 e. The van der Waals surface area contributed by atoms with Gasteiger partial charge in [-0.1, -0.05) is 0 Å². The van der Waals surface area contributed by atoms with E-state index in [1.165, 1.54) is 0 Å². The highest BCUT2D eigenvalue weighted by Gasteiger charge is 2.01. The Morgan fingerprint density at radius 3 is 2.44 bits per heavy atom. The van der Waals surface area contributed by atoms with Crippen molar-refractivity contribution < 1.29 is 5.11 Å². The van der Waals surface area contributed by atoms with Crippen molar-refractivity contribution in [2.45, 2.75) is 5.88 Å². The van der Waals surface area contributed by atoms with Gasteiger partial charge in [-0.05, 0) is 0 Å². The number of aromatic amines is 2. The Bertz CT molecular complexity index is 251. The second-order valence-corrected chi connectivity index (χ2v) is 1.81. The van der Waals surface area contributed by atoms with Gasteiger partial charge in [0.1, 0.15) is 0 Å². The van der Waals surface area contributed by atoms with Gasteiger partial charge in [-0.3, -0.25) is 4.98 Å². The van der Waals surface area contributed by atoms with Crippen LogP contribution in [0.1, 0.15) is 5.69 Å². The van der Waals surface area contributed by atoms with Gasteiger partial charge in [0.25, 0.3) is 0 Å². The average Bonchev–Trinajstić information content (AvgIpc) is 2.10. The summed E-state index contributed by atoms with van der Waals surface area (Å²) < 4.78 is 0. The molecule has 0 spiro atoms. The summed E-state index contributed by atoms with van der Waals surface area (Å²) in [5.74, 6) is -0.0834. The summed E-state index contributed by atoms with van der Waals surface area (Å²) in [7, 11) is 0. The van der Waals surface area contributed by atoms with Crippen molar-refractivity contribution in [1.29, 1.82) is 0 Å². The highest BCUT2D eigenvalue weighted by molar-refractivity contribution is 6.17. The normalized spacial score (nSPS) is 9.89. The number of nitrogens with one attached hydrogen (secondary N) is 2. The molecule has 0 aromatic carbocycles. The maximum Gasteiger partial charge on any atom is 0.325 e. The van der Waals surface area contributed by atoms with E-state index >= 15 is 0 Å². The third-order valence-corrected chi connectivity index (χ3v) is 1.18. The zero-order valence-electron chi connectivity index (χ0n) is 4.44. The van der Waals surface area contributed by atoms with E-state index in [0.717, 1.165) is 0 Å². The van der Waals surface area contributed by atoms with Crippen LogP contribution in [0.5, 0.6) is 5.88 Å². The van der Waals surface area contributed by atoms with Gasteiger partial charge in [-0.25, -0.2) is 4.79 Å². The maximum atomic E-state index is 10.3. The van der Waals surface area contributed by atoms with Gasteiger partial charge >= 0.3 is 5.69 Å². The number of rotatable bonds is 1. The summed E-state index contributed by atoms with van der Waals surface area (Å²) in [4.78, 5) is 14.8. The topological polar surface area (TPSA) is 68.9 Å². The van der Waals surface area contributed by atoms with Crippen molar-refractivity contribution in [1.82, 2.24) is 9.97 Å². The van der Waals surface area contributed by atoms with Crippen molar-refractivity contribution in [3.63, 3.8) is 0 Å². The molecule has 0 unspecified atom stereocenters. The first-order valence-electron chi connectivity index (χ1n) is 2.30. The first kappa shape index (κ1) is 6.22. The molecule has 5 heteroatoms. The summed E-state index contributed by atoms with van der Waals surface area (Å²) >= 11 is 5.30. The van der Waals surface area contributed by atoms with Crippen LogP contribution < -0.4 is 5.69 Å². The molecule has 1 aromatic heterocycles. The molecule has 1 rings (SSSR count). The van der Waals surface area contributed by atoms with E-state index in [1.54, 1.807) is 0 Å². The van der Waals surface area contributed by atoms with Crippen LogP contribution in [0.3, 0.4) is 0 Å². The summed E-state index contributed by atoms with van der Waals surface area (Å²) in [6, 6.07) is 0. The molecule has 1 aromatic rings. The van der Waals surface area contributed by atoms with Gasteiger partial charge in [-0.15, -0.1) is 11.6 Å². The summed E-state index contributed by atoms with van der Waals surface area (Å²) in [6.45, 7) is 0. The predicted molar refractivity (Wildman–Crippen MR) is 32.6 cm³/mol. The Hall–Kier alpha value is -0.900. The molecule has 0 bridgehead atoms. The van der Waals surface area contributed by atoms with E-state index in [-0.39, 0.29) is 11.8 Å². The fraction of sp³-hybridized carbons (Fsp3) is 0.250. The molecule has 50 valence electrons. The molecule has 3 N–H and O–H groups in total. The number of aromatic nitrogens is 2. The van der Waals surface area contributed by atoms with E-state index in [0.29, 0.717) is 5.69 Å². The van der Waals surface area contributed by atoms with Gasteiger partial charge < -0.3 is 10.1 Å². The molecule has 0 saturated carbocycles. The third-order valence-electron chi connectivity index (χ3n) is 0.916. The van der Waals surface area contributed by atoms with E-state index in [4.69, 9.17) is 16.7 Å². The number of aromatic hydroxyl groups is 1. The van der Waals surface area contributed by atoms with Crippen LogP contribution in [0.15, 0.2) is 4.79 Å². The number of hydrogen-bond acceptors (Lipinski definition) is 2. The summed E-state index contributed by atoms with van der Waals surface area (Å²) in [6.07, 6.45) is 0. The largest absolute Gasteiger partial charge is 0.493 e. The first-order valence-corrected chi connectivity index (χ1v) is 2.83. The Labute approximate surface area is 55.5 Å². The standard InChI is InChI=1S/C4H5ClN2O2/c5-1-2-3(8)7-4(9)6-2/h8H,1H2,(H2,6,7,9). The Kier molecular flexibility index (Phi) is 1.48. The second-order valence-electron chi connectivity index (χ2n) is 1.54. The molecule has 1 heterocycles. The van der Waals surface area contributed by atoms with Crippen LogP contribution in [-0.4, -0.2) is 15.1 Å². The zero-order valence-corrected chi connectivity index (χ0v) is 5.20. The zero-order chi connectivity index (χ0) is 6.85. The highest BCUT2D eigenvalue weighted by atomic mass is 35.5. The van der Waals surface area contributed by atoms with E-state index in [2.05, 4.69) is 9.97 Å².